The smallest absolute Gasteiger partial charge is 0.390 e. The van der Waals surface area contributed by atoms with Gasteiger partial charge in [-0.1, -0.05) is 24.3 Å². The summed E-state index contributed by atoms with van der Waals surface area (Å²) in [5, 5.41) is 19.7. The van der Waals surface area contributed by atoms with E-state index < -0.39 is 24.5 Å². The molecule has 9 heteroatoms. The maximum atomic E-state index is 11.9. The van der Waals surface area contributed by atoms with E-state index in [0.29, 0.717) is 5.69 Å². The van der Waals surface area contributed by atoms with Gasteiger partial charge in [0.05, 0.1) is 17.5 Å². The second-order valence-corrected chi connectivity index (χ2v) is 5.04. The van der Waals surface area contributed by atoms with E-state index in [2.05, 4.69) is 5.32 Å². The predicted octanol–water partition coefficient (Wildman–Crippen LogP) is 3.72. The highest BCUT2D eigenvalue weighted by atomic mass is 19.4. The van der Waals surface area contributed by atoms with Crippen LogP contribution < -0.4 is 11.1 Å². The quantitative estimate of drug-likeness (QED) is 0.597. The molecule has 0 heterocycles. The molecular formula is C17H17F3N2O4. The molecule has 0 bridgehead atoms. The number of hydrogen-bond acceptors (Lipinski definition) is 4. The summed E-state index contributed by atoms with van der Waals surface area (Å²) in [5.74, 6) is -2.16. The Morgan fingerprint density at radius 1 is 0.923 bits per heavy atom. The molecule has 0 atom stereocenters. The van der Waals surface area contributed by atoms with Crippen LogP contribution in [-0.2, 0) is 0 Å². The van der Waals surface area contributed by atoms with E-state index in [0.717, 1.165) is 0 Å². The minimum Gasteiger partial charge on any atom is -0.478 e. The number of halogens is 3. The zero-order valence-electron chi connectivity index (χ0n) is 13.5. The van der Waals surface area contributed by atoms with Crippen LogP contribution in [0.15, 0.2) is 48.5 Å². The van der Waals surface area contributed by atoms with Crippen LogP contribution in [0.3, 0.4) is 0 Å². The normalized spacial score (nSPS) is 10.4. The number of alkyl halides is 3. The number of hydrogen-bond donors (Lipinski definition) is 4. The molecule has 140 valence electrons. The highest BCUT2D eigenvalue weighted by molar-refractivity contribution is 5.94. The summed E-state index contributed by atoms with van der Waals surface area (Å²) in [5.41, 5.74) is 5.95. The van der Waals surface area contributed by atoms with Crippen molar-refractivity contribution in [3.8, 4) is 0 Å². The van der Waals surface area contributed by atoms with Gasteiger partial charge in [-0.25, -0.2) is 9.59 Å². The Balaban J connectivity index is 0.000000289. The zero-order chi connectivity index (χ0) is 19.7. The summed E-state index contributed by atoms with van der Waals surface area (Å²) in [6, 6.07) is 12.2. The fraction of sp³-hybridized carbons (Fsp3) is 0.176. The number of carboxylic acids is 2. The molecule has 0 aromatic heterocycles. The van der Waals surface area contributed by atoms with Crippen molar-refractivity contribution in [3.63, 3.8) is 0 Å². The molecule has 5 N–H and O–H groups in total. The average molecular weight is 370 g/mol. The van der Waals surface area contributed by atoms with E-state index >= 15 is 0 Å². The molecule has 2 aromatic carbocycles. The van der Waals surface area contributed by atoms with Gasteiger partial charge in [-0.3, -0.25) is 0 Å². The lowest BCUT2D eigenvalue weighted by molar-refractivity contribution is -0.131. The van der Waals surface area contributed by atoms with Crippen LogP contribution >= 0.6 is 0 Å². The molecule has 0 fully saturated rings. The molecule has 0 saturated heterocycles. The van der Waals surface area contributed by atoms with Crippen LogP contribution in [0.4, 0.5) is 24.5 Å². The maximum Gasteiger partial charge on any atom is 0.390 e. The van der Waals surface area contributed by atoms with E-state index in [1.807, 2.05) is 0 Å². The van der Waals surface area contributed by atoms with E-state index in [9.17, 15) is 22.8 Å². The summed E-state index contributed by atoms with van der Waals surface area (Å²) < 4.78 is 35.6. The lowest BCUT2D eigenvalue weighted by Crippen LogP contribution is -2.15. The Morgan fingerprint density at radius 2 is 1.42 bits per heavy atom. The monoisotopic (exact) mass is 370 g/mol. The van der Waals surface area contributed by atoms with Crippen LogP contribution in [0.2, 0.25) is 0 Å². The number of aromatic carboxylic acids is 2. The van der Waals surface area contributed by atoms with E-state index in [1.165, 1.54) is 24.3 Å². The number of rotatable bonds is 5. The summed E-state index contributed by atoms with van der Waals surface area (Å²) >= 11 is 0. The zero-order valence-corrected chi connectivity index (χ0v) is 13.5. The molecule has 2 aromatic rings. The molecule has 0 unspecified atom stereocenters. The molecule has 2 rings (SSSR count). The fourth-order valence-corrected chi connectivity index (χ4v) is 1.85. The summed E-state index contributed by atoms with van der Waals surface area (Å²) in [7, 11) is 0. The van der Waals surface area contributed by atoms with Crippen molar-refractivity contribution in [3.05, 3.63) is 59.7 Å². The second-order valence-electron chi connectivity index (χ2n) is 5.04. The number of carbonyl (C=O) groups is 2. The molecule has 0 saturated carbocycles. The summed E-state index contributed by atoms with van der Waals surface area (Å²) in [6.45, 7) is -0.339. The number of nitrogen functional groups attached to an aromatic ring is 1. The standard InChI is InChI=1S/C10H10F3NO2.C7H7NO2/c11-10(12,13)5-6-14-8-4-2-1-3-7(8)9(15)16;8-6-4-2-1-3-5(6)7(9)10/h1-4,14H,5-6H2,(H,15,16);1-4H,8H2,(H,9,10). The Hall–Kier alpha value is -3.23. The van der Waals surface area contributed by atoms with Crippen LogP contribution in [0.1, 0.15) is 27.1 Å². The molecule has 26 heavy (non-hydrogen) atoms. The number of nitrogens with one attached hydrogen (secondary N) is 1. The van der Waals surface area contributed by atoms with Crippen LogP contribution in [0.5, 0.6) is 0 Å². The van der Waals surface area contributed by atoms with Crippen molar-refractivity contribution < 1.29 is 33.0 Å². The molecule has 0 spiro atoms. The highest BCUT2D eigenvalue weighted by Crippen LogP contribution is 2.20. The number of anilines is 2. The number of benzene rings is 2. The molecule has 0 amide bonds. The van der Waals surface area contributed by atoms with Crippen molar-refractivity contribution in [1.29, 1.82) is 0 Å². The molecule has 0 aliphatic rings. The predicted molar refractivity (Wildman–Crippen MR) is 90.4 cm³/mol. The number of nitrogens with two attached hydrogens (primary N) is 1. The topological polar surface area (TPSA) is 113 Å². The minimum absolute atomic E-state index is 0.0373. The Morgan fingerprint density at radius 3 is 1.88 bits per heavy atom. The van der Waals surface area contributed by atoms with Crippen molar-refractivity contribution in [2.45, 2.75) is 12.6 Å². The van der Waals surface area contributed by atoms with Gasteiger partial charge in [-0.05, 0) is 24.3 Å². The number of carboxylic acid groups (broad SMARTS) is 2. The first-order chi connectivity index (χ1) is 12.1. The van der Waals surface area contributed by atoms with Gasteiger partial charge in [0, 0.05) is 17.9 Å². The third-order valence-electron chi connectivity index (χ3n) is 3.07. The Kier molecular flexibility index (Phi) is 7.45. The largest absolute Gasteiger partial charge is 0.478 e. The molecule has 0 aliphatic heterocycles. The minimum atomic E-state index is -4.24. The van der Waals surface area contributed by atoms with Crippen molar-refractivity contribution in [1.82, 2.24) is 0 Å². The lowest BCUT2D eigenvalue weighted by atomic mass is 10.2. The molecule has 0 radical (unpaired) electrons. The van der Waals surface area contributed by atoms with Gasteiger partial charge < -0.3 is 21.3 Å². The molecule has 0 aliphatic carbocycles. The third-order valence-corrected chi connectivity index (χ3v) is 3.07. The Bertz CT molecular complexity index is 764. The average Bonchev–Trinajstić information content (AvgIpc) is 2.54. The van der Waals surface area contributed by atoms with Gasteiger partial charge in [0.25, 0.3) is 0 Å². The van der Waals surface area contributed by atoms with Crippen LogP contribution in [0.25, 0.3) is 0 Å². The lowest BCUT2D eigenvalue weighted by Gasteiger charge is -2.10. The van der Waals surface area contributed by atoms with Crippen molar-refractivity contribution >= 4 is 23.3 Å². The maximum absolute atomic E-state index is 11.9. The van der Waals surface area contributed by atoms with Gasteiger partial charge in [0.2, 0.25) is 0 Å². The summed E-state index contributed by atoms with van der Waals surface area (Å²) in [4.78, 5) is 21.1. The molecule has 6 nitrogen and oxygen atoms in total. The second kappa shape index (κ2) is 9.30. The van der Waals surface area contributed by atoms with Gasteiger partial charge in [0.15, 0.2) is 0 Å². The van der Waals surface area contributed by atoms with Gasteiger partial charge >= 0.3 is 18.1 Å². The van der Waals surface area contributed by atoms with E-state index in [-0.39, 0.29) is 23.4 Å². The highest BCUT2D eigenvalue weighted by Gasteiger charge is 2.26. The van der Waals surface area contributed by atoms with Crippen molar-refractivity contribution in [2.75, 3.05) is 17.6 Å². The molecular weight excluding hydrogens is 353 g/mol. The van der Waals surface area contributed by atoms with E-state index in [1.54, 1.807) is 24.3 Å². The van der Waals surface area contributed by atoms with Gasteiger partial charge in [-0.2, -0.15) is 13.2 Å². The first kappa shape index (κ1) is 20.8. The van der Waals surface area contributed by atoms with E-state index in [4.69, 9.17) is 15.9 Å². The van der Waals surface area contributed by atoms with Gasteiger partial charge in [0.1, 0.15) is 0 Å². The fourth-order valence-electron chi connectivity index (χ4n) is 1.85. The summed E-state index contributed by atoms with van der Waals surface area (Å²) in [6.07, 6.45) is -5.24. The first-order valence-electron chi connectivity index (χ1n) is 7.32. The van der Waals surface area contributed by atoms with Crippen LogP contribution in [-0.4, -0.2) is 34.9 Å². The first-order valence-corrected chi connectivity index (χ1v) is 7.32. The van der Waals surface area contributed by atoms with Crippen molar-refractivity contribution in [2.24, 2.45) is 0 Å². The van der Waals surface area contributed by atoms with Gasteiger partial charge in [-0.15, -0.1) is 0 Å². The van der Waals surface area contributed by atoms with Crippen LogP contribution in [0, 0.1) is 0 Å². The Labute approximate surface area is 147 Å². The number of para-hydroxylation sites is 2. The SMILES string of the molecule is Nc1ccccc1C(=O)O.O=C(O)c1ccccc1NCCC(F)(F)F. The third kappa shape index (κ3) is 7.12.